The second-order valence-electron chi connectivity index (χ2n) is 8.63. The molecule has 2 heterocycles. The highest BCUT2D eigenvalue weighted by atomic mass is 35.5. The molecule has 4 amide bonds. The molecule has 0 saturated carbocycles. The summed E-state index contributed by atoms with van der Waals surface area (Å²) >= 11 is 6.21. The number of carbonyl (C=O) groups is 3. The lowest BCUT2D eigenvalue weighted by molar-refractivity contribution is -0.139. The van der Waals surface area contributed by atoms with Crippen LogP contribution in [0.3, 0.4) is 0 Å². The van der Waals surface area contributed by atoms with Crippen molar-refractivity contribution in [2.24, 2.45) is 0 Å². The summed E-state index contributed by atoms with van der Waals surface area (Å²) in [6, 6.07) is 6.18. The second-order valence-corrected chi connectivity index (χ2v) is 9.07. The third-order valence-corrected chi connectivity index (χ3v) is 6.11. The smallest absolute Gasteiger partial charge is 0.338 e. The summed E-state index contributed by atoms with van der Waals surface area (Å²) in [4.78, 5) is 44.1. The minimum atomic E-state index is -0.666. The summed E-state index contributed by atoms with van der Waals surface area (Å²) in [6.07, 6.45) is 0. The molecule has 0 bridgehead atoms. The van der Waals surface area contributed by atoms with Gasteiger partial charge in [0.15, 0.2) is 0 Å². The predicted molar refractivity (Wildman–Crippen MR) is 130 cm³/mol. The molecule has 2 N–H and O–H groups in total. The van der Waals surface area contributed by atoms with E-state index in [1.807, 2.05) is 26.8 Å². The molecule has 1 unspecified atom stereocenters. The maximum atomic E-state index is 13.2. The monoisotopic (exact) mass is 491 g/mol. The van der Waals surface area contributed by atoms with Gasteiger partial charge in [-0.2, -0.15) is 0 Å². The molecule has 9 nitrogen and oxygen atoms in total. The molecule has 0 aromatic heterocycles. The Morgan fingerprint density at radius 2 is 1.91 bits per heavy atom. The van der Waals surface area contributed by atoms with E-state index in [2.05, 4.69) is 15.5 Å². The van der Waals surface area contributed by atoms with Crippen molar-refractivity contribution < 1.29 is 19.1 Å². The van der Waals surface area contributed by atoms with Crippen molar-refractivity contribution in [2.45, 2.75) is 39.8 Å². The van der Waals surface area contributed by atoms with Crippen LogP contribution in [0.2, 0.25) is 5.02 Å². The first-order valence-corrected chi connectivity index (χ1v) is 12.1. The van der Waals surface area contributed by atoms with E-state index in [9.17, 15) is 14.4 Å². The van der Waals surface area contributed by atoms with Crippen molar-refractivity contribution in [2.75, 3.05) is 45.9 Å². The molecule has 186 valence electrons. The van der Waals surface area contributed by atoms with Crippen molar-refractivity contribution in [3.63, 3.8) is 0 Å². The van der Waals surface area contributed by atoms with E-state index >= 15 is 0 Å². The number of halogens is 1. The number of benzene rings is 1. The zero-order valence-corrected chi connectivity index (χ0v) is 21.0. The molecule has 1 aromatic carbocycles. The van der Waals surface area contributed by atoms with Crippen LogP contribution in [0.4, 0.5) is 9.59 Å². The lowest BCUT2D eigenvalue weighted by Crippen LogP contribution is -2.55. The fourth-order valence-electron chi connectivity index (χ4n) is 4.25. The minimum absolute atomic E-state index is 0.0742. The van der Waals surface area contributed by atoms with E-state index < -0.39 is 12.0 Å². The van der Waals surface area contributed by atoms with Crippen molar-refractivity contribution in [3.05, 3.63) is 46.1 Å². The zero-order chi connectivity index (χ0) is 24.8. The highest BCUT2D eigenvalue weighted by molar-refractivity contribution is 6.30. The molecule has 1 atom stereocenters. The van der Waals surface area contributed by atoms with Crippen molar-refractivity contribution >= 4 is 29.6 Å². The average Bonchev–Trinajstić information content (AvgIpc) is 2.79. The fraction of sp³-hybridized carbons (Fsp3) is 0.542. The Morgan fingerprint density at radius 1 is 1.21 bits per heavy atom. The van der Waals surface area contributed by atoms with Crippen LogP contribution in [0.5, 0.6) is 0 Å². The number of nitrogens with zero attached hydrogens (tertiary/aromatic N) is 3. The summed E-state index contributed by atoms with van der Waals surface area (Å²) in [6.45, 7) is 10.9. The number of carbonyl (C=O) groups excluding carboxylic acids is 3. The quantitative estimate of drug-likeness (QED) is 0.572. The number of hydrogen-bond donors (Lipinski definition) is 2. The van der Waals surface area contributed by atoms with Crippen LogP contribution >= 0.6 is 11.6 Å². The highest BCUT2D eigenvalue weighted by Crippen LogP contribution is 2.33. The van der Waals surface area contributed by atoms with Gasteiger partial charge in [-0.1, -0.05) is 23.7 Å². The van der Waals surface area contributed by atoms with Gasteiger partial charge in [-0.25, -0.2) is 14.4 Å². The molecule has 0 radical (unpaired) electrons. The second kappa shape index (κ2) is 11.6. The largest absolute Gasteiger partial charge is 0.463 e. The summed E-state index contributed by atoms with van der Waals surface area (Å²) in [5.41, 5.74) is 1.74. The highest BCUT2D eigenvalue weighted by Gasteiger charge is 2.38. The maximum absolute atomic E-state index is 13.2. The SMILES string of the molecule is CCOC(=O)C1=C(CN2CCN(C(=O)NC(C)C)CC2)N(CC)C(=O)NC1c1cccc(Cl)c1. The molecular formula is C24H34ClN5O4. The first-order valence-electron chi connectivity index (χ1n) is 11.8. The van der Waals surface area contributed by atoms with Gasteiger partial charge in [-0.15, -0.1) is 0 Å². The van der Waals surface area contributed by atoms with E-state index in [1.165, 1.54) is 0 Å². The Bertz CT molecular complexity index is 943. The maximum Gasteiger partial charge on any atom is 0.338 e. The summed E-state index contributed by atoms with van der Waals surface area (Å²) in [5, 5.41) is 6.39. The topological polar surface area (TPSA) is 94.2 Å². The van der Waals surface area contributed by atoms with Crippen LogP contribution in [-0.4, -0.2) is 84.6 Å². The number of esters is 1. The Morgan fingerprint density at radius 3 is 2.50 bits per heavy atom. The number of ether oxygens (including phenoxy) is 1. The fourth-order valence-corrected chi connectivity index (χ4v) is 4.45. The van der Waals surface area contributed by atoms with Crippen molar-refractivity contribution in [3.8, 4) is 0 Å². The molecule has 34 heavy (non-hydrogen) atoms. The van der Waals surface area contributed by atoms with Gasteiger partial charge in [0.25, 0.3) is 0 Å². The van der Waals surface area contributed by atoms with E-state index in [-0.39, 0.29) is 24.7 Å². The minimum Gasteiger partial charge on any atom is -0.463 e. The number of piperazine rings is 1. The summed E-state index contributed by atoms with van der Waals surface area (Å²) in [7, 11) is 0. The van der Waals surface area contributed by atoms with Gasteiger partial charge in [0, 0.05) is 56.0 Å². The normalized spacial score (nSPS) is 19.4. The van der Waals surface area contributed by atoms with E-state index in [0.717, 1.165) is 0 Å². The van der Waals surface area contributed by atoms with Gasteiger partial charge in [-0.05, 0) is 45.4 Å². The molecule has 1 aromatic rings. The average molecular weight is 492 g/mol. The Balaban J connectivity index is 1.91. The lowest BCUT2D eigenvalue weighted by atomic mass is 9.94. The number of amides is 4. The molecule has 1 fully saturated rings. The van der Waals surface area contributed by atoms with E-state index in [4.69, 9.17) is 16.3 Å². The molecule has 2 aliphatic rings. The van der Waals surface area contributed by atoms with Crippen LogP contribution in [0.15, 0.2) is 35.5 Å². The van der Waals surface area contributed by atoms with Crippen molar-refractivity contribution in [1.82, 2.24) is 25.3 Å². The first-order chi connectivity index (χ1) is 16.2. The van der Waals surface area contributed by atoms with Gasteiger partial charge >= 0.3 is 18.0 Å². The number of nitrogens with one attached hydrogen (secondary N) is 2. The van der Waals surface area contributed by atoms with E-state index in [0.29, 0.717) is 61.1 Å². The van der Waals surface area contributed by atoms with Crippen LogP contribution in [-0.2, 0) is 9.53 Å². The number of rotatable bonds is 7. The van der Waals surface area contributed by atoms with Gasteiger partial charge in [0.1, 0.15) is 0 Å². The molecule has 1 saturated heterocycles. The molecule has 3 rings (SSSR count). The van der Waals surface area contributed by atoms with Crippen LogP contribution in [0, 0.1) is 0 Å². The van der Waals surface area contributed by atoms with Gasteiger partial charge in [-0.3, -0.25) is 9.80 Å². The Kier molecular flexibility index (Phi) is 8.79. The summed E-state index contributed by atoms with van der Waals surface area (Å²) in [5.74, 6) is -0.462. The molecule has 2 aliphatic heterocycles. The molecule has 0 aliphatic carbocycles. The number of likely N-dealkylation sites (N-methyl/N-ethyl adjacent to an activating group) is 1. The molecule has 10 heteroatoms. The predicted octanol–water partition coefficient (Wildman–Crippen LogP) is 2.98. The Labute approximate surface area is 206 Å². The standard InChI is InChI=1S/C24H34ClN5O4/c1-5-30-19(15-28-10-12-29(13-11-28)23(32)26-16(3)4)20(22(31)34-6-2)21(27-24(30)33)17-8-7-9-18(25)14-17/h7-9,14,16,21H,5-6,10-13,15H2,1-4H3,(H,26,32)(H,27,33). The molecular weight excluding hydrogens is 458 g/mol. The van der Waals surface area contributed by atoms with Crippen molar-refractivity contribution in [1.29, 1.82) is 0 Å². The Hall–Kier alpha value is -2.78. The van der Waals surface area contributed by atoms with Crippen LogP contribution in [0.25, 0.3) is 0 Å². The van der Waals surface area contributed by atoms with Crippen LogP contribution in [0.1, 0.15) is 39.3 Å². The number of urea groups is 2. The zero-order valence-electron chi connectivity index (χ0n) is 20.3. The van der Waals surface area contributed by atoms with Crippen LogP contribution < -0.4 is 10.6 Å². The van der Waals surface area contributed by atoms with E-state index in [1.54, 1.807) is 34.9 Å². The lowest BCUT2D eigenvalue weighted by Gasteiger charge is -2.40. The third-order valence-electron chi connectivity index (χ3n) is 5.88. The first kappa shape index (κ1) is 25.8. The third kappa shape index (κ3) is 6.01. The number of hydrogen-bond acceptors (Lipinski definition) is 5. The van der Waals surface area contributed by atoms with Gasteiger partial charge in [0.05, 0.1) is 18.2 Å². The molecule has 0 spiro atoms. The van der Waals surface area contributed by atoms with Gasteiger partial charge < -0.3 is 20.3 Å². The summed E-state index contributed by atoms with van der Waals surface area (Å²) < 4.78 is 5.41. The van der Waals surface area contributed by atoms with Gasteiger partial charge in [0.2, 0.25) is 0 Å².